The topological polar surface area (TPSA) is 78.9 Å². The smallest absolute Gasteiger partial charge is 0.306 e. The summed E-state index contributed by atoms with van der Waals surface area (Å²) in [6.07, 6.45) is 78.6. The van der Waals surface area contributed by atoms with Gasteiger partial charge in [-0.05, 0) is 96.3 Å². The van der Waals surface area contributed by atoms with Crippen LogP contribution >= 0.6 is 0 Å². The van der Waals surface area contributed by atoms with Crippen LogP contribution in [0.25, 0.3) is 0 Å². The molecule has 0 saturated carbocycles. The van der Waals surface area contributed by atoms with E-state index in [2.05, 4.69) is 106 Å². The number of hydrogen-bond acceptors (Lipinski definition) is 6. The molecule has 1 unspecified atom stereocenters. The van der Waals surface area contributed by atoms with E-state index in [0.717, 1.165) is 116 Å². The first-order valence-corrected chi connectivity index (χ1v) is 30.6. The SMILES string of the molecule is CC/C=C\C/C=C\C/C=C\C/C=C\C/C=C\CCCCCCCC(=O)OCC(COC(=O)CCCCCCCCCCCCCC)OC(=O)CCCCCCCCCCC/C=C\C/C=C\CCCCCCC. The monoisotopic (exact) mass is 1000 g/mol. The molecule has 0 radical (unpaired) electrons. The van der Waals surface area contributed by atoms with Crippen LogP contribution in [0.2, 0.25) is 0 Å². The van der Waals surface area contributed by atoms with E-state index in [1.54, 1.807) is 0 Å². The number of carbonyl (C=O) groups excluding carboxylic acids is 3. The van der Waals surface area contributed by atoms with Gasteiger partial charge in [0.15, 0.2) is 6.10 Å². The first-order chi connectivity index (χ1) is 35.5. The summed E-state index contributed by atoms with van der Waals surface area (Å²) < 4.78 is 16.9. The fraction of sp³-hybridized carbons (Fsp3) is 0.742. The highest BCUT2D eigenvalue weighted by Gasteiger charge is 2.19. The second kappa shape index (κ2) is 60.1. The minimum Gasteiger partial charge on any atom is -0.462 e. The third kappa shape index (κ3) is 57.5. The van der Waals surface area contributed by atoms with Crippen LogP contribution in [0.15, 0.2) is 85.1 Å². The fourth-order valence-electron chi connectivity index (χ4n) is 8.56. The molecule has 6 nitrogen and oxygen atoms in total. The third-order valence-electron chi connectivity index (χ3n) is 13.1. The van der Waals surface area contributed by atoms with Crippen LogP contribution in [-0.2, 0) is 28.6 Å². The average Bonchev–Trinajstić information content (AvgIpc) is 3.38. The lowest BCUT2D eigenvalue weighted by Crippen LogP contribution is -2.30. The number of allylic oxidation sites excluding steroid dienone is 14. The molecule has 0 spiro atoms. The number of carbonyl (C=O) groups is 3. The molecule has 0 aromatic carbocycles. The predicted molar refractivity (Wildman–Crippen MR) is 311 cm³/mol. The van der Waals surface area contributed by atoms with Crippen molar-refractivity contribution >= 4 is 17.9 Å². The molecule has 0 bridgehead atoms. The minimum atomic E-state index is -0.787. The van der Waals surface area contributed by atoms with Gasteiger partial charge in [-0.25, -0.2) is 0 Å². The second-order valence-corrected chi connectivity index (χ2v) is 20.2. The van der Waals surface area contributed by atoms with Gasteiger partial charge < -0.3 is 14.2 Å². The lowest BCUT2D eigenvalue weighted by atomic mass is 10.0. The summed E-state index contributed by atoms with van der Waals surface area (Å²) in [5.74, 6) is -0.897. The number of unbranched alkanes of at least 4 members (excludes halogenated alkanes) is 30. The quantitative estimate of drug-likeness (QED) is 0.0261. The molecule has 0 aromatic heterocycles. The first kappa shape index (κ1) is 68.6. The molecular weight excluding hydrogens is 889 g/mol. The molecule has 0 aliphatic heterocycles. The normalized spacial score (nSPS) is 12.7. The second-order valence-electron chi connectivity index (χ2n) is 20.2. The Hall–Kier alpha value is -3.41. The van der Waals surface area contributed by atoms with Gasteiger partial charge in [-0.3, -0.25) is 14.4 Å². The zero-order chi connectivity index (χ0) is 52.2. The van der Waals surface area contributed by atoms with E-state index >= 15 is 0 Å². The van der Waals surface area contributed by atoms with Crippen molar-refractivity contribution < 1.29 is 28.6 Å². The Morgan fingerprint density at radius 3 is 0.847 bits per heavy atom. The van der Waals surface area contributed by atoms with Crippen LogP contribution in [0, 0.1) is 0 Å². The highest BCUT2D eigenvalue weighted by Crippen LogP contribution is 2.16. The summed E-state index contributed by atoms with van der Waals surface area (Å²) in [7, 11) is 0. The zero-order valence-corrected chi connectivity index (χ0v) is 47.4. The number of esters is 3. The Labute approximate surface area is 445 Å². The summed E-state index contributed by atoms with van der Waals surface area (Å²) in [5, 5.41) is 0. The van der Waals surface area contributed by atoms with Crippen molar-refractivity contribution in [3.63, 3.8) is 0 Å². The molecule has 0 fully saturated rings. The van der Waals surface area contributed by atoms with E-state index in [1.165, 1.54) is 141 Å². The third-order valence-corrected chi connectivity index (χ3v) is 13.1. The first-order valence-electron chi connectivity index (χ1n) is 30.6. The lowest BCUT2D eigenvalue weighted by Gasteiger charge is -2.18. The Morgan fingerprint density at radius 1 is 0.292 bits per heavy atom. The van der Waals surface area contributed by atoms with Gasteiger partial charge in [-0.15, -0.1) is 0 Å². The Morgan fingerprint density at radius 2 is 0.542 bits per heavy atom. The van der Waals surface area contributed by atoms with Crippen molar-refractivity contribution in [2.75, 3.05) is 13.2 Å². The van der Waals surface area contributed by atoms with E-state index in [0.29, 0.717) is 19.3 Å². The van der Waals surface area contributed by atoms with Crippen LogP contribution in [0.4, 0.5) is 0 Å². The molecule has 6 heteroatoms. The fourth-order valence-corrected chi connectivity index (χ4v) is 8.56. The molecule has 0 amide bonds. The summed E-state index contributed by atoms with van der Waals surface area (Å²) in [6.45, 7) is 6.52. The zero-order valence-electron chi connectivity index (χ0n) is 47.4. The lowest BCUT2D eigenvalue weighted by molar-refractivity contribution is -0.167. The maximum Gasteiger partial charge on any atom is 0.306 e. The van der Waals surface area contributed by atoms with Crippen LogP contribution in [0.5, 0.6) is 0 Å². The van der Waals surface area contributed by atoms with Gasteiger partial charge >= 0.3 is 17.9 Å². The molecule has 0 aliphatic rings. The minimum absolute atomic E-state index is 0.0824. The van der Waals surface area contributed by atoms with Gasteiger partial charge in [-0.1, -0.05) is 266 Å². The van der Waals surface area contributed by atoms with Crippen LogP contribution in [0.3, 0.4) is 0 Å². The molecule has 0 saturated heterocycles. The largest absolute Gasteiger partial charge is 0.462 e. The molecule has 0 aromatic rings. The van der Waals surface area contributed by atoms with Crippen molar-refractivity contribution in [1.82, 2.24) is 0 Å². The van der Waals surface area contributed by atoms with E-state index < -0.39 is 6.10 Å². The van der Waals surface area contributed by atoms with Gasteiger partial charge in [0.25, 0.3) is 0 Å². The van der Waals surface area contributed by atoms with Gasteiger partial charge in [0.1, 0.15) is 13.2 Å². The molecule has 0 N–H and O–H groups in total. The Balaban J connectivity index is 4.38. The maximum absolute atomic E-state index is 12.9. The highest BCUT2D eigenvalue weighted by atomic mass is 16.6. The van der Waals surface area contributed by atoms with Crippen molar-refractivity contribution in [3.05, 3.63) is 85.1 Å². The summed E-state index contributed by atoms with van der Waals surface area (Å²) in [4.78, 5) is 38.2. The van der Waals surface area contributed by atoms with Gasteiger partial charge in [0, 0.05) is 19.3 Å². The molecular formula is C66H114O6. The van der Waals surface area contributed by atoms with Crippen molar-refractivity contribution in [2.45, 2.75) is 303 Å². The van der Waals surface area contributed by atoms with E-state index in [4.69, 9.17) is 14.2 Å². The van der Waals surface area contributed by atoms with E-state index in [9.17, 15) is 14.4 Å². The molecule has 0 aliphatic carbocycles. The number of rotatable bonds is 55. The molecule has 0 heterocycles. The van der Waals surface area contributed by atoms with Crippen molar-refractivity contribution in [3.8, 4) is 0 Å². The molecule has 72 heavy (non-hydrogen) atoms. The number of hydrogen-bond donors (Lipinski definition) is 0. The summed E-state index contributed by atoms with van der Waals surface area (Å²) in [6, 6.07) is 0. The van der Waals surface area contributed by atoms with Crippen molar-refractivity contribution in [1.29, 1.82) is 0 Å². The maximum atomic E-state index is 12.9. The highest BCUT2D eigenvalue weighted by molar-refractivity contribution is 5.71. The standard InChI is InChI=1S/C66H114O6/c1-4-7-10-13-16-19-22-25-27-29-31-33-35-37-39-41-44-47-50-53-56-59-65(68)71-62-63(61-70-64(67)58-55-52-49-46-43-24-21-18-15-12-9-6-3)72-66(69)60-57-54-51-48-45-42-40-38-36-34-32-30-28-26-23-20-17-14-11-8-5-2/h7,10,16,19,23,25-27,30-33,37,39,63H,4-6,8-9,11-15,17-18,20-22,24,28-29,34-36,38,40-62H2,1-3H3/b10-7-,19-16-,26-23-,27-25-,32-30-,33-31-,39-37-. The Bertz CT molecular complexity index is 1380. The average molecular weight is 1000 g/mol. The van der Waals surface area contributed by atoms with Gasteiger partial charge in [-0.2, -0.15) is 0 Å². The molecule has 1 atom stereocenters. The van der Waals surface area contributed by atoms with Crippen molar-refractivity contribution in [2.24, 2.45) is 0 Å². The molecule has 0 rings (SSSR count). The predicted octanol–water partition coefficient (Wildman–Crippen LogP) is 20.7. The van der Waals surface area contributed by atoms with Gasteiger partial charge in [0.2, 0.25) is 0 Å². The summed E-state index contributed by atoms with van der Waals surface area (Å²) in [5.41, 5.74) is 0. The number of ether oxygens (including phenoxy) is 3. The van der Waals surface area contributed by atoms with Crippen LogP contribution in [-0.4, -0.2) is 37.2 Å². The molecule has 414 valence electrons. The summed E-state index contributed by atoms with van der Waals surface area (Å²) >= 11 is 0. The van der Waals surface area contributed by atoms with Crippen LogP contribution < -0.4 is 0 Å². The van der Waals surface area contributed by atoms with Gasteiger partial charge in [0.05, 0.1) is 0 Å². The Kier molecular flexibility index (Phi) is 57.3. The van der Waals surface area contributed by atoms with E-state index in [1.807, 2.05) is 0 Å². The van der Waals surface area contributed by atoms with Crippen LogP contribution in [0.1, 0.15) is 297 Å². The van der Waals surface area contributed by atoms with E-state index in [-0.39, 0.29) is 31.1 Å².